The molecule has 1 fully saturated rings. The van der Waals surface area contributed by atoms with E-state index < -0.39 is 0 Å². The Kier molecular flexibility index (Phi) is 3.45. The molecule has 2 heterocycles. The SMILES string of the molecule is Ic1cnc(N2CCC(c3ccccc3)C2)nc1. The van der Waals surface area contributed by atoms with E-state index in [0.29, 0.717) is 5.92 Å². The molecule has 0 bridgehead atoms. The maximum absolute atomic E-state index is 4.40. The van der Waals surface area contributed by atoms with Gasteiger partial charge in [0.25, 0.3) is 0 Å². The smallest absolute Gasteiger partial charge is 0.225 e. The molecule has 1 aromatic carbocycles. The van der Waals surface area contributed by atoms with E-state index in [9.17, 15) is 0 Å². The Morgan fingerprint density at radius 2 is 1.83 bits per heavy atom. The Morgan fingerprint density at radius 3 is 2.56 bits per heavy atom. The minimum atomic E-state index is 0.606. The number of hydrogen-bond donors (Lipinski definition) is 0. The first kappa shape index (κ1) is 11.9. The van der Waals surface area contributed by atoms with Crippen LogP contribution < -0.4 is 4.90 Å². The summed E-state index contributed by atoms with van der Waals surface area (Å²) < 4.78 is 1.08. The molecule has 1 aliphatic heterocycles. The molecule has 3 nitrogen and oxygen atoms in total. The van der Waals surface area contributed by atoms with Gasteiger partial charge >= 0.3 is 0 Å². The van der Waals surface area contributed by atoms with Gasteiger partial charge in [0.15, 0.2) is 0 Å². The predicted molar refractivity (Wildman–Crippen MR) is 80.8 cm³/mol. The first-order chi connectivity index (χ1) is 8.83. The average Bonchev–Trinajstić information content (AvgIpc) is 2.90. The summed E-state index contributed by atoms with van der Waals surface area (Å²) in [6, 6.07) is 10.7. The van der Waals surface area contributed by atoms with E-state index in [1.165, 1.54) is 12.0 Å². The molecule has 3 rings (SSSR count). The average molecular weight is 351 g/mol. The molecule has 0 saturated carbocycles. The Bertz CT molecular complexity index is 512. The van der Waals surface area contributed by atoms with E-state index in [1.807, 2.05) is 12.4 Å². The van der Waals surface area contributed by atoms with Crippen molar-refractivity contribution < 1.29 is 0 Å². The number of anilines is 1. The standard InChI is InChI=1S/C14H14IN3/c15-13-8-16-14(17-9-13)18-7-6-12(10-18)11-4-2-1-3-5-11/h1-5,8-9,12H,6-7,10H2. The largest absolute Gasteiger partial charge is 0.340 e. The van der Waals surface area contributed by atoms with Crippen LogP contribution in [0, 0.1) is 3.57 Å². The van der Waals surface area contributed by atoms with Crippen molar-refractivity contribution in [1.82, 2.24) is 9.97 Å². The molecule has 18 heavy (non-hydrogen) atoms. The lowest BCUT2D eigenvalue weighted by atomic mass is 9.99. The summed E-state index contributed by atoms with van der Waals surface area (Å²) in [6.45, 7) is 2.06. The van der Waals surface area contributed by atoms with Crippen LogP contribution in [0.4, 0.5) is 5.95 Å². The van der Waals surface area contributed by atoms with E-state index in [2.05, 4.69) is 67.8 Å². The zero-order valence-electron chi connectivity index (χ0n) is 9.96. The van der Waals surface area contributed by atoms with Crippen molar-refractivity contribution in [2.45, 2.75) is 12.3 Å². The molecule has 1 saturated heterocycles. The van der Waals surface area contributed by atoms with Gasteiger partial charge in [0, 0.05) is 35.0 Å². The highest BCUT2D eigenvalue weighted by Gasteiger charge is 2.25. The van der Waals surface area contributed by atoms with Crippen LogP contribution in [0.3, 0.4) is 0 Å². The maximum atomic E-state index is 4.40. The monoisotopic (exact) mass is 351 g/mol. The fourth-order valence-electron chi connectivity index (χ4n) is 2.41. The van der Waals surface area contributed by atoms with Crippen LogP contribution in [0.1, 0.15) is 17.9 Å². The molecular formula is C14H14IN3. The Balaban J connectivity index is 1.74. The lowest BCUT2D eigenvalue weighted by Gasteiger charge is -2.16. The zero-order valence-corrected chi connectivity index (χ0v) is 12.1. The fourth-order valence-corrected chi connectivity index (χ4v) is 2.69. The number of benzene rings is 1. The Labute approximate surface area is 120 Å². The van der Waals surface area contributed by atoms with E-state index in [0.717, 1.165) is 22.6 Å². The van der Waals surface area contributed by atoms with Gasteiger partial charge in [0.1, 0.15) is 0 Å². The van der Waals surface area contributed by atoms with Crippen molar-refractivity contribution in [2.75, 3.05) is 18.0 Å². The summed E-state index contributed by atoms with van der Waals surface area (Å²) in [4.78, 5) is 11.1. The van der Waals surface area contributed by atoms with Gasteiger partial charge in [-0.1, -0.05) is 30.3 Å². The summed E-state index contributed by atoms with van der Waals surface area (Å²) in [5, 5.41) is 0. The Morgan fingerprint density at radius 1 is 1.11 bits per heavy atom. The highest BCUT2D eigenvalue weighted by atomic mass is 127. The third-order valence-corrected chi connectivity index (χ3v) is 3.91. The molecule has 0 amide bonds. The second-order valence-corrected chi connectivity index (χ2v) is 5.79. The minimum Gasteiger partial charge on any atom is -0.340 e. The molecule has 4 heteroatoms. The second kappa shape index (κ2) is 5.22. The van der Waals surface area contributed by atoms with Crippen LogP contribution in [0.15, 0.2) is 42.7 Å². The van der Waals surface area contributed by atoms with Gasteiger partial charge in [0.2, 0.25) is 5.95 Å². The molecule has 1 aliphatic rings. The van der Waals surface area contributed by atoms with E-state index >= 15 is 0 Å². The number of hydrogen-bond acceptors (Lipinski definition) is 3. The third-order valence-electron chi connectivity index (χ3n) is 3.35. The highest BCUT2D eigenvalue weighted by molar-refractivity contribution is 14.1. The molecule has 1 atom stereocenters. The highest BCUT2D eigenvalue weighted by Crippen LogP contribution is 2.28. The fraction of sp³-hybridized carbons (Fsp3) is 0.286. The van der Waals surface area contributed by atoms with Gasteiger partial charge in [-0.15, -0.1) is 0 Å². The summed E-state index contributed by atoms with van der Waals surface area (Å²) in [6.07, 6.45) is 4.93. The molecule has 92 valence electrons. The van der Waals surface area contributed by atoms with Gasteiger partial charge in [-0.3, -0.25) is 0 Å². The maximum Gasteiger partial charge on any atom is 0.225 e. The number of rotatable bonds is 2. The summed E-state index contributed by atoms with van der Waals surface area (Å²) in [5.74, 6) is 1.46. The van der Waals surface area contributed by atoms with Crippen LogP contribution in [-0.2, 0) is 0 Å². The van der Waals surface area contributed by atoms with Crippen molar-refractivity contribution >= 4 is 28.5 Å². The predicted octanol–water partition coefficient (Wildman–Crippen LogP) is 3.08. The van der Waals surface area contributed by atoms with Crippen molar-refractivity contribution in [1.29, 1.82) is 0 Å². The first-order valence-electron chi connectivity index (χ1n) is 6.10. The lowest BCUT2D eigenvalue weighted by Crippen LogP contribution is -2.21. The molecule has 0 N–H and O–H groups in total. The molecule has 1 unspecified atom stereocenters. The molecule has 0 spiro atoms. The van der Waals surface area contributed by atoms with Crippen molar-refractivity contribution in [3.63, 3.8) is 0 Å². The lowest BCUT2D eigenvalue weighted by molar-refractivity contribution is 0.772. The topological polar surface area (TPSA) is 29.0 Å². The first-order valence-corrected chi connectivity index (χ1v) is 7.18. The number of halogens is 1. The van der Waals surface area contributed by atoms with Gasteiger partial charge in [-0.05, 0) is 34.6 Å². The molecular weight excluding hydrogens is 337 g/mol. The van der Waals surface area contributed by atoms with Crippen LogP contribution >= 0.6 is 22.6 Å². The summed E-state index contributed by atoms with van der Waals surface area (Å²) in [5.41, 5.74) is 1.42. The van der Waals surface area contributed by atoms with Gasteiger partial charge < -0.3 is 4.90 Å². The van der Waals surface area contributed by atoms with Crippen molar-refractivity contribution in [2.24, 2.45) is 0 Å². The number of nitrogens with zero attached hydrogens (tertiary/aromatic N) is 3. The Hall–Kier alpha value is -1.17. The molecule has 1 aromatic heterocycles. The van der Waals surface area contributed by atoms with Crippen molar-refractivity contribution in [3.05, 3.63) is 51.9 Å². The summed E-state index contributed by atoms with van der Waals surface area (Å²) >= 11 is 2.23. The van der Waals surface area contributed by atoms with Gasteiger partial charge in [0.05, 0.1) is 0 Å². The van der Waals surface area contributed by atoms with E-state index in [4.69, 9.17) is 0 Å². The zero-order chi connectivity index (χ0) is 12.4. The number of aromatic nitrogens is 2. The van der Waals surface area contributed by atoms with Gasteiger partial charge in [-0.2, -0.15) is 0 Å². The molecule has 0 radical (unpaired) electrons. The molecule has 2 aromatic rings. The third kappa shape index (κ3) is 2.48. The van der Waals surface area contributed by atoms with E-state index in [-0.39, 0.29) is 0 Å². The van der Waals surface area contributed by atoms with Crippen LogP contribution in [0.5, 0.6) is 0 Å². The van der Waals surface area contributed by atoms with Gasteiger partial charge in [-0.25, -0.2) is 9.97 Å². The van der Waals surface area contributed by atoms with Crippen LogP contribution in [-0.4, -0.2) is 23.1 Å². The normalized spacial score (nSPS) is 19.2. The van der Waals surface area contributed by atoms with Crippen LogP contribution in [0.25, 0.3) is 0 Å². The van der Waals surface area contributed by atoms with Crippen LogP contribution in [0.2, 0.25) is 0 Å². The molecule has 0 aliphatic carbocycles. The summed E-state index contributed by atoms with van der Waals surface area (Å²) in [7, 11) is 0. The second-order valence-electron chi connectivity index (χ2n) is 4.54. The minimum absolute atomic E-state index is 0.606. The van der Waals surface area contributed by atoms with Crippen molar-refractivity contribution in [3.8, 4) is 0 Å². The quantitative estimate of drug-likeness (QED) is 0.779. The van der Waals surface area contributed by atoms with E-state index in [1.54, 1.807) is 0 Å².